The molecule has 0 amide bonds. The highest BCUT2D eigenvalue weighted by molar-refractivity contribution is 5.95. The minimum absolute atomic E-state index is 0.716. The van der Waals surface area contributed by atoms with E-state index in [9.17, 15) is 0 Å². The average Bonchev–Trinajstić information content (AvgIpc) is 3.52. The molecule has 0 bridgehead atoms. The van der Waals surface area contributed by atoms with Gasteiger partial charge in [-0.3, -0.25) is 10.1 Å². The first-order valence-corrected chi connectivity index (χ1v) is 12.9. The summed E-state index contributed by atoms with van der Waals surface area (Å²) in [4.78, 5) is 14.9. The molecule has 0 fully saturated rings. The van der Waals surface area contributed by atoms with Crippen LogP contribution in [0.2, 0.25) is 0 Å². The average molecular weight is 505 g/mol. The fraction of sp³-hybridized carbons (Fsp3) is 0.219. The molecule has 2 N–H and O–H groups in total. The molecular weight excluding hydrogens is 468 g/mol. The van der Waals surface area contributed by atoms with Crippen molar-refractivity contribution in [2.45, 2.75) is 26.7 Å². The van der Waals surface area contributed by atoms with Crippen LogP contribution in [0.25, 0.3) is 33.6 Å². The molecule has 0 saturated heterocycles. The van der Waals surface area contributed by atoms with E-state index in [1.54, 1.807) is 12.3 Å². The van der Waals surface area contributed by atoms with E-state index in [1.165, 1.54) is 5.57 Å². The van der Waals surface area contributed by atoms with Crippen LogP contribution in [0, 0.1) is 6.92 Å². The summed E-state index contributed by atoms with van der Waals surface area (Å²) in [5, 5.41) is 8.81. The van der Waals surface area contributed by atoms with Crippen LogP contribution in [-0.2, 0) is 0 Å². The van der Waals surface area contributed by atoms with Crippen molar-refractivity contribution in [1.82, 2.24) is 30.0 Å². The largest absolute Gasteiger partial charge is 0.340 e. The zero-order chi connectivity index (χ0) is 27.1. The van der Waals surface area contributed by atoms with Gasteiger partial charge in [0.15, 0.2) is 5.82 Å². The maximum absolute atomic E-state index is 4.98. The first-order valence-electron chi connectivity index (χ1n) is 12.9. The van der Waals surface area contributed by atoms with Gasteiger partial charge >= 0.3 is 0 Å². The smallest absolute Gasteiger partial charge is 0.159 e. The molecule has 6 heteroatoms. The predicted octanol–water partition coefficient (Wildman–Crippen LogP) is 7.13. The van der Waals surface area contributed by atoms with E-state index >= 15 is 0 Å². The number of aryl methyl sites for hydroxylation is 1. The minimum atomic E-state index is 0.716. The molecule has 0 aliphatic heterocycles. The van der Waals surface area contributed by atoms with Crippen LogP contribution in [0.4, 0.5) is 0 Å². The van der Waals surface area contributed by atoms with Gasteiger partial charge in [-0.25, -0.2) is 4.98 Å². The van der Waals surface area contributed by atoms with Crippen LogP contribution < -0.4 is 0 Å². The molecule has 0 atom stereocenters. The van der Waals surface area contributed by atoms with Crippen molar-refractivity contribution in [2.24, 2.45) is 0 Å². The fourth-order valence-corrected chi connectivity index (χ4v) is 4.53. The number of allylic oxidation sites excluding steroid dienone is 7. The number of benzene rings is 1. The number of H-pyrrole nitrogens is 2. The summed E-state index contributed by atoms with van der Waals surface area (Å²) in [5.74, 6) is 0.716. The summed E-state index contributed by atoms with van der Waals surface area (Å²) < 4.78 is 0. The first kappa shape index (κ1) is 26.8. The third-order valence-electron chi connectivity index (χ3n) is 6.50. The van der Waals surface area contributed by atoms with Gasteiger partial charge in [0.2, 0.25) is 0 Å². The predicted molar refractivity (Wildman–Crippen MR) is 160 cm³/mol. The monoisotopic (exact) mass is 504 g/mol. The topological polar surface area (TPSA) is 73.5 Å². The number of hydrogen-bond acceptors (Lipinski definition) is 4. The van der Waals surface area contributed by atoms with Gasteiger partial charge in [0.1, 0.15) is 5.69 Å². The molecular formula is C32H36N6. The Morgan fingerprint density at radius 2 is 1.97 bits per heavy atom. The molecule has 0 unspecified atom stereocenters. The van der Waals surface area contributed by atoms with E-state index in [0.717, 1.165) is 69.6 Å². The molecule has 0 radical (unpaired) electrons. The fourth-order valence-electron chi connectivity index (χ4n) is 4.53. The van der Waals surface area contributed by atoms with E-state index in [1.807, 2.05) is 37.4 Å². The molecule has 38 heavy (non-hydrogen) atoms. The maximum Gasteiger partial charge on any atom is 0.159 e. The number of nitrogens with one attached hydrogen (secondary N) is 2. The Labute approximate surface area is 225 Å². The third kappa shape index (κ3) is 5.98. The Hall–Kier alpha value is -4.29. The third-order valence-corrected chi connectivity index (χ3v) is 6.50. The Balaban J connectivity index is 1.71. The van der Waals surface area contributed by atoms with Crippen molar-refractivity contribution >= 4 is 22.0 Å². The lowest BCUT2D eigenvalue weighted by molar-refractivity contribution is 0.400. The molecule has 6 nitrogen and oxygen atoms in total. The first-order chi connectivity index (χ1) is 18.4. The number of fused-ring (bicyclic) bond motifs is 1. The number of aromatic amines is 2. The maximum atomic E-state index is 4.98. The molecule has 0 spiro atoms. The number of imidazole rings is 1. The van der Waals surface area contributed by atoms with Crippen molar-refractivity contribution in [3.63, 3.8) is 0 Å². The molecule has 3 aromatic heterocycles. The zero-order valence-corrected chi connectivity index (χ0v) is 22.8. The molecule has 4 rings (SSSR count). The molecule has 0 aliphatic carbocycles. The van der Waals surface area contributed by atoms with Crippen molar-refractivity contribution in [3.05, 3.63) is 114 Å². The van der Waals surface area contributed by atoms with Gasteiger partial charge in [-0.05, 0) is 82.2 Å². The number of pyridine rings is 1. The standard InChI is InChI=1S/C32H36N6/c1-7-12-27(26-14-10-17-33-21-26)30-22(4)34-32(35-30)31-28-20-25(15-16-29(28)36-37-31)24(9-3)19-23(8-2)13-11-18-38(5)6/h7-10,12,14-17,19-21H,1-2,11,13,18H2,3-6H3,(H,34,35)(H,36,37)/b23-19+,24-9+,27-12-. The van der Waals surface area contributed by atoms with Crippen LogP contribution in [0.15, 0.2) is 91.8 Å². The Morgan fingerprint density at radius 1 is 1.13 bits per heavy atom. The molecule has 1 aromatic carbocycles. The van der Waals surface area contributed by atoms with E-state index in [2.05, 4.69) is 89.6 Å². The minimum Gasteiger partial charge on any atom is -0.340 e. The summed E-state index contributed by atoms with van der Waals surface area (Å²) in [6.45, 7) is 13.1. The lowest BCUT2D eigenvalue weighted by Crippen LogP contribution is -2.12. The summed E-state index contributed by atoms with van der Waals surface area (Å²) in [7, 11) is 4.20. The Morgan fingerprint density at radius 3 is 2.66 bits per heavy atom. The van der Waals surface area contributed by atoms with Gasteiger partial charge in [-0.15, -0.1) is 0 Å². The van der Waals surface area contributed by atoms with Crippen molar-refractivity contribution in [1.29, 1.82) is 0 Å². The van der Waals surface area contributed by atoms with Gasteiger partial charge in [0, 0.05) is 34.6 Å². The number of nitrogens with zero attached hydrogens (tertiary/aromatic N) is 4. The molecule has 194 valence electrons. The highest BCUT2D eigenvalue weighted by Gasteiger charge is 2.18. The summed E-state index contributed by atoms with van der Waals surface area (Å²) in [6.07, 6.45) is 15.8. The molecule has 3 heterocycles. The van der Waals surface area contributed by atoms with Crippen molar-refractivity contribution in [2.75, 3.05) is 20.6 Å². The van der Waals surface area contributed by atoms with Crippen LogP contribution in [0.1, 0.15) is 42.3 Å². The van der Waals surface area contributed by atoms with E-state index in [4.69, 9.17) is 4.98 Å². The zero-order valence-electron chi connectivity index (χ0n) is 22.8. The van der Waals surface area contributed by atoms with E-state index in [-0.39, 0.29) is 0 Å². The molecule has 0 aliphatic rings. The van der Waals surface area contributed by atoms with Gasteiger partial charge in [-0.1, -0.05) is 55.7 Å². The normalized spacial score (nSPS) is 12.9. The number of aromatic nitrogens is 5. The van der Waals surface area contributed by atoms with Gasteiger partial charge in [0.25, 0.3) is 0 Å². The van der Waals surface area contributed by atoms with Crippen LogP contribution in [0.5, 0.6) is 0 Å². The number of hydrogen-bond donors (Lipinski definition) is 2. The SMILES string of the molecule is C=C/C=C(/c1cccnc1)c1nc(-c2n[nH]c3ccc(C(/C=C(\C=C)CCCN(C)C)=C/C)cc23)[nH]c1C. The van der Waals surface area contributed by atoms with Crippen LogP contribution in [-0.4, -0.2) is 50.7 Å². The summed E-state index contributed by atoms with van der Waals surface area (Å²) in [6, 6.07) is 10.3. The van der Waals surface area contributed by atoms with Gasteiger partial charge < -0.3 is 9.88 Å². The van der Waals surface area contributed by atoms with Gasteiger partial charge in [0.05, 0.1) is 11.2 Å². The second kappa shape index (κ2) is 12.3. The van der Waals surface area contributed by atoms with Gasteiger partial charge in [-0.2, -0.15) is 5.10 Å². The Bertz CT molecular complexity index is 1510. The summed E-state index contributed by atoms with van der Waals surface area (Å²) >= 11 is 0. The Kier molecular flexibility index (Phi) is 8.66. The second-order valence-corrected chi connectivity index (χ2v) is 9.52. The highest BCUT2D eigenvalue weighted by atomic mass is 15.1. The van der Waals surface area contributed by atoms with Crippen molar-refractivity contribution in [3.8, 4) is 11.5 Å². The molecule has 4 aromatic rings. The van der Waals surface area contributed by atoms with Crippen LogP contribution >= 0.6 is 0 Å². The lowest BCUT2D eigenvalue weighted by atomic mass is 9.99. The molecule has 0 saturated carbocycles. The summed E-state index contributed by atoms with van der Waals surface area (Å²) in [5.41, 5.74) is 9.01. The lowest BCUT2D eigenvalue weighted by Gasteiger charge is -2.10. The van der Waals surface area contributed by atoms with Crippen molar-refractivity contribution < 1.29 is 0 Å². The van der Waals surface area contributed by atoms with E-state index < -0.39 is 0 Å². The highest BCUT2D eigenvalue weighted by Crippen LogP contribution is 2.32. The quantitative estimate of drug-likeness (QED) is 0.213. The van der Waals surface area contributed by atoms with Crippen LogP contribution in [0.3, 0.4) is 0 Å². The van der Waals surface area contributed by atoms with E-state index in [0.29, 0.717) is 5.82 Å². The second-order valence-electron chi connectivity index (χ2n) is 9.52. The number of rotatable bonds is 11.